The highest BCUT2D eigenvalue weighted by molar-refractivity contribution is 5.84. The van der Waals surface area contributed by atoms with E-state index < -0.39 is 0 Å². The molecule has 2 N–H and O–H groups in total. The topological polar surface area (TPSA) is 42.5 Å². The van der Waals surface area contributed by atoms with Gasteiger partial charge in [-0.25, -0.2) is 0 Å². The lowest BCUT2D eigenvalue weighted by Crippen LogP contribution is -2.25. The number of likely N-dealkylation sites (N-methyl/N-ethyl adjacent to an activating group) is 2. The van der Waals surface area contributed by atoms with Gasteiger partial charge in [0.15, 0.2) is 0 Å². The Morgan fingerprint density at radius 3 is 1.18 bits per heavy atom. The average Bonchev–Trinajstić information content (AvgIpc) is 3.19. The number of ether oxygens (including phenoxy) is 2. The van der Waals surface area contributed by atoms with E-state index in [0.717, 1.165) is 52.0 Å². The van der Waals surface area contributed by atoms with Gasteiger partial charge in [-0.15, -0.1) is 0 Å². The minimum absolute atomic E-state index is 0.0173. The lowest BCUT2D eigenvalue weighted by atomic mass is 9.87. The molecule has 0 aliphatic heterocycles. The Hall–Kier alpha value is -4.32. The van der Waals surface area contributed by atoms with E-state index in [0.29, 0.717) is 0 Å². The minimum Gasteiger partial charge on any atom is -0.373 e. The number of nitrogens with one attached hydrogen (secondary N) is 2. The minimum atomic E-state index is -0.0173. The summed E-state index contributed by atoms with van der Waals surface area (Å²) in [6.45, 7) is 3.19. The van der Waals surface area contributed by atoms with Crippen molar-refractivity contribution in [2.45, 2.75) is 56.1 Å². The summed E-state index contributed by atoms with van der Waals surface area (Å²) < 4.78 is 13.5. The van der Waals surface area contributed by atoms with Crippen LogP contribution in [-0.2, 0) is 9.47 Å². The molecule has 0 spiro atoms. The quantitative estimate of drug-likeness (QED) is 0.0789. The van der Waals surface area contributed by atoms with Crippen LogP contribution in [0.15, 0.2) is 146 Å². The molecule has 264 valence electrons. The van der Waals surface area contributed by atoms with Crippen molar-refractivity contribution >= 4 is 21.5 Å². The molecule has 0 heterocycles. The molecule has 51 heavy (non-hydrogen) atoms. The van der Waals surface area contributed by atoms with Crippen LogP contribution in [0.4, 0.5) is 0 Å². The molecule has 0 aromatic heterocycles. The summed E-state index contributed by atoms with van der Waals surface area (Å²) in [4.78, 5) is 0. The van der Waals surface area contributed by atoms with E-state index in [-0.39, 0.29) is 24.0 Å². The van der Waals surface area contributed by atoms with E-state index in [9.17, 15) is 0 Å². The molecule has 0 fully saturated rings. The molecule has 0 amide bonds. The summed E-state index contributed by atoms with van der Waals surface area (Å²) in [6.07, 6.45) is 5.53. The third-order valence-corrected chi connectivity index (χ3v) is 10.1. The number of rotatable bonds is 20. The van der Waals surface area contributed by atoms with Crippen LogP contribution in [0.2, 0.25) is 0 Å². The van der Waals surface area contributed by atoms with Gasteiger partial charge in [-0.1, -0.05) is 165 Å². The van der Waals surface area contributed by atoms with Gasteiger partial charge in [0, 0.05) is 38.1 Å². The molecule has 0 aliphatic rings. The van der Waals surface area contributed by atoms with Gasteiger partial charge in [-0.2, -0.15) is 0 Å². The maximum atomic E-state index is 6.77. The largest absolute Gasteiger partial charge is 0.373 e. The molecule has 0 aliphatic carbocycles. The average molecular weight is 679 g/mol. The summed E-state index contributed by atoms with van der Waals surface area (Å²) in [5.74, 6) is 0.413. The molecule has 6 aromatic carbocycles. The van der Waals surface area contributed by atoms with Crippen molar-refractivity contribution in [1.29, 1.82) is 0 Å². The van der Waals surface area contributed by atoms with Crippen LogP contribution < -0.4 is 10.6 Å². The third-order valence-electron chi connectivity index (χ3n) is 10.1. The Bertz CT molecular complexity index is 1750. The van der Waals surface area contributed by atoms with Crippen LogP contribution in [0.25, 0.3) is 21.5 Å². The number of hydrogen-bond donors (Lipinski definition) is 2. The lowest BCUT2D eigenvalue weighted by Gasteiger charge is -2.29. The van der Waals surface area contributed by atoms with Crippen molar-refractivity contribution in [2.24, 2.45) is 0 Å². The van der Waals surface area contributed by atoms with Crippen molar-refractivity contribution < 1.29 is 9.47 Å². The molecule has 4 nitrogen and oxygen atoms in total. The fourth-order valence-corrected chi connectivity index (χ4v) is 7.45. The van der Waals surface area contributed by atoms with Gasteiger partial charge in [0.05, 0.1) is 12.2 Å². The zero-order valence-corrected chi connectivity index (χ0v) is 30.3. The highest BCUT2D eigenvalue weighted by Gasteiger charge is 2.27. The van der Waals surface area contributed by atoms with Gasteiger partial charge in [0.1, 0.15) is 0 Å². The number of fused-ring (bicyclic) bond motifs is 2. The van der Waals surface area contributed by atoms with Crippen molar-refractivity contribution in [3.63, 3.8) is 0 Å². The van der Waals surface area contributed by atoms with E-state index in [1.165, 1.54) is 50.2 Å². The summed E-state index contributed by atoms with van der Waals surface area (Å²) in [5.41, 5.74) is 5.08. The van der Waals surface area contributed by atoms with Crippen LogP contribution >= 0.6 is 0 Å². The first-order valence-corrected chi connectivity index (χ1v) is 18.8. The number of benzene rings is 6. The van der Waals surface area contributed by atoms with Crippen molar-refractivity contribution in [3.05, 3.63) is 168 Å². The molecule has 0 radical (unpaired) electrons. The van der Waals surface area contributed by atoms with E-state index in [2.05, 4.69) is 156 Å². The summed E-state index contributed by atoms with van der Waals surface area (Å²) >= 11 is 0. The van der Waals surface area contributed by atoms with Crippen molar-refractivity contribution in [1.82, 2.24) is 10.6 Å². The smallest absolute Gasteiger partial charge is 0.0905 e. The predicted molar refractivity (Wildman–Crippen MR) is 215 cm³/mol. The van der Waals surface area contributed by atoms with E-state index in [4.69, 9.17) is 9.47 Å². The number of unbranched alkanes of at least 4 members (excludes halogenated alkanes) is 4. The Kier molecular flexibility index (Phi) is 13.8. The standard InChI is InChI=1S/C47H54N2O2/c1-48-34-44(42-28-26-36-18-12-14-24-40(36)32-42)46(38-20-8-6-9-21-38)50-30-16-4-3-5-17-31-51-47(39-22-10-7-11-23-39)45(35-49-2)43-29-27-37-19-13-15-25-41(37)33-43/h6-15,18-29,32-33,44-49H,3-5,16-17,30-31,34-35H2,1-2H3/t44?,45?,46-,47-/m0/s1. The molecule has 6 rings (SSSR count). The maximum Gasteiger partial charge on any atom is 0.0905 e. The molecule has 4 heteroatoms. The first-order valence-electron chi connectivity index (χ1n) is 18.8. The molecular formula is C47H54N2O2. The zero-order valence-electron chi connectivity index (χ0n) is 30.3. The normalized spacial score (nSPS) is 14.0. The van der Waals surface area contributed by atoms with Gasteiger partial charge in [0.25, 0.3) is 0 Å². The highest BCUT2D eigenvalue weighted by atomic mass is 16.5. The van der Waals surface area contributed by atoms with Gasteiger partial charge < -0.3 is 20.1 Å². The second-order valence-corrected chi connectivity index (χ2v) is 13.7. The summed E-state index contributed by atoms with van der Waals surface area (Å²) in [5, 5.41) is 12.0. The first kappa shape index (κ1) is 36.5. The second kappa shape index (κ2) is 19.3. The second-order valence-electron chi connectivity index (χ2n) is 13.7. The molecule has 0 saturated heterocycles. The molecule has 0 saturated carbocycles. The Morgan fingerprint density at radius 1 is 0.392 bits per heavy atom. The van der Waals surface area contributed by atoms with Gasteiger partial charge in [0.2, 0.25) is 0 Å². The Balaban J connectivity index is 1.02. The summed E-state index contributed by atoms with van der Waals surface area (Å²) in [7, 11) is 4.07. The SMILES string of the molecule is CNCC(c1ccc2ccccc2c1)[C@@H](OCCCCCCCO[C@@H](c1ccccc1)C(CNC)c1ccc2ccccc2c1)c1ccccc1. The molecule has 4 atom stereocenters. The van der Waals surface area contributed by atoms with Gasteiger partial charge in [-0.05, 0) is 70.7 Å². The van der Waals surface area contributed by atoms with E-state index in [1.807, 2.05) is 14.1 Å². The summed E-state index contributed by atoms with van der Waals surface area (Å²) in [6, 6.07) is 52.4. The van der Waals surface area contributed by atoms with Gasteiger partial charge >= 0.3 is 0 Å². The lowest BCUT2D eigenvalue weighted by molar-refractivity contribution is 0.0279. The van der Waals surface area contributed by atoms with Crippen LogP contribution in [0.5, 0.6) is 0 Å². The monoisotopic (exact) mass is 678 g/mol. The fourth-order valence-electron chi connectivity index (χ4n) is 7.45. The molecule has 6 aromatic rings. The van der Waals surface area contributed by atoms with E-state index >= 15 is 0 Å². The van der Waals surface area contributed by atoms with Crippen LogP contribution in [-0.4, -0.2) is 40.4 Å². The van der Waals surface area contributed by atoms with Crippen LogP contribution in [0.1, 0.15) is 78.4 Å². The number of hydrogen-bond acceptors (Lipinski definition) is 4. The van der Waals surface area contributed by atoms with Crippen LogP contribution in [0, 0.1) is 0 Å². The third kappa shape index (κ3) is 9.93. The molecule has 0 bridgehead atoms. The maximum absolute atomic E-state index is 6.77. The Morgan fingerprint density at radius 2 is 0.765 bits per heavy atom. The highest BCUT2D eigenvalue weighted by Crippen LogP contribution is 2.37. The van der Waals surface area contributed by atoms with Crippen molar-refractivity contribution in [2.75, 3.05) is 40.4 Å². The van der Waals surface area contributed by atoms with Crippen molar-refractivity contribution in [3.8, 4) is 0 Å². The van der Waals surface area contributed by atoms with Gasteiger partial charge in [-0.3, -0.25) is 0 Å². The zero-order chi connectivity index (χ0) is 35.1. The molecule has 2 unspecified atom stereocenters. The van der Waals surface area contributed by atoms with Crippen LogP contribution in [0.3, 0.4) is 0 Å². The predicted octanol–water partition coefficient (Wildman–Crippen LogP) is 10.8. The Labute approximate surface area is 305 Å². The first-order chi connectivity index (χ1) is 25.2. The fraction of sp³-hybridized carbons (Fsp3) is 0.319. The van der Waals surface area contributed by atoms with E-state index in [1.54, 1.807) is 0 Å². The molecular weight excluding hydrogens is 625 g/mol.